The van der Waals surface area contributed by atoms with Crippen molar-refractivity contribution >= 4 is 345 Å². The molecule has 0 bridgehead atoms. The molecule has 0 amide bonds. The first-order chi connectivity index (χ1) is 32.1. The predicted octanol–water partition coefficient (Wildman–Crippen LogP) is -12.1. The first-order valence-corrected chi connectivity index (χ1v) is 20.5. The lowest BCUT2D eigenvalue weighted by Crippen LogP contribution is -2.52. The van der Waals surface area contributed by atoms with Gasteiger partial charge in [0.2, 0.25) is 0 Å². The fourth-order valence-electron chi connectivity index (χ4n) is 10.0. The first kappa shape index (κ1) is 46.9. The van der Waals surface area contributed by atoms with Crippen LogP contribution in [0.1, 0.15) is 0 Å². The van der Waals surface area contributed by atoms with Crippen LogP contribution in [0.5, 0.6) is 0 Å². The van der Waals surface area contributed by atoms with Crippen LogP contribution in [0.4, 0.5) is 0 Å². The average Bonchev–Trinajstić information content (AvgIpc) is 3.71. The van der Waals surface area contributed by atoms with Crippen molar-refractivity contribution in [3.8, 4) is 33.4 Å². The monoisotopic (exact) mass is 806 g/mol. The van der Waals surface area contributed by atoms with Gasteiger partial charge in [0, 0.05) is 16.3 Å². The van der Waals surface area contributed by atoms with E-state index in [1.165, 1.54) is 0 Å². The van der Waals surface area contributed by atoms with Crippen LogP contribution in [-0.4, -0.2) is 165 Å². The number of fused-ring (bicyclic) bond motifs is 7. The zero-order chi connectivity index (χ0) is 49.2. The Balaban J connectivity index is 1.53. The third-order valence-corrected chi connectivity index (χ3v) is 13.5. The standard InChI is InChI=1S/C46H7B21O/c47-25-22(34(56)35(57)24-23(25)36(58)44(66)45(67)37(24)59)14-19-16(29(51)39(61)41(63)31(19)53)13(17-20(14)32(54)42(64)40(62)30(17)52)18-21-15(28(50)38(60)43(65)33(21)55)12(26(48)27(18)49)10-6-3-5-9-8-4-1-2-7-11(8)68-46(9)10/h1-7H. The molecule has 0 fully saturated rings. The Morgan fingerprint density at radius 3 is 0.985 bits per heavy atom. The van der Waals surface area contributed by atoms with Crippen molar-refractivity contribution in [1.82, 2.24) is 0 Å². The summed E-state index contributed by atoms with van der Waals surface area (Å²) in [6.45, 7) is 0. The lowest BCUT2D eigenvalue weighted by molar-refractivity contribution is 0.670. The highest BCUT2D eigenvalue weighted by Gasteiger charge is 2.31. The van der Waals surface area contributed by atoms with E-state index in [1.54, 1.807) is 6.07 Å². The van der Waals surface area contributed by atoms with Gasteiger partial charge < -0.3 is 4.42 Å². The summed E-state index contributed by atoms with van der Waals surface area (Å²) in [4.78, 5) is 0. The minimum Gasteiger partial charge on any atom is -0.455 e. The first-order valence-electron chi connectivity index (χ1n) is 20.5. The van der Waals surface area contributed by atoms with Crippen LogP contribution in [0, 0.1) is 0 Å². The second-order valence-electron chi connectivity index (χ2n) is 16.8. The van der Waals surface area contributed by atoms with Crippen LogP contribution in [0.3, 0.4) is 0 Å². The second-order valence-corrected chi connectivity index (χ2v) is 16.8. The number of hydrogen-bond donors (Lipinski definition) is 0. The molecule has 0 aliphatic carbocycles. The highest BCUT2D eigenvalue weighted by atomic mass is 16.3. The van der Waals surface area contributed by atoms with E-state index in [0.717, 1.165) is 10.8 Å². The number of para-hydroxylation sites is 2. The van der Waals surface area contributed by atoms with Crippen molar-refractivity contribution < 1.29 is 4.42 Å². The molecule has 0 spiro atoms. The second kappa shape index (κ2) is 16.1. The van der Waals surface area contributed by atoms with Crippen LogP contribution >= 0.6 is 0 Å². The average molecular weight is 803 g/mol. The Morgan fingerprint density at radius 1 is 0.221 bits per heavy atom. The number of rotatable bonds is 3. The Kier molecular flexibility index (Phi) is 11.1. The Bertz CT molecular complexity index is 3960. The molecule has 0 aliphatic heterocycles. The van der Waals surface area contributed by atoms with E-state index < -0.39 is 0 Å². The van der Waals surface area contributed by atoms with Gasteiger partial charge in [-0.15, -0.1) is 43.7 Å². The van der Waals surface area contributed by atoms with E-state index in [0.29, 0.717) is 22.3 Å². The highest BCUT2D eigenvalue weighted by molar-refractivity contribution is 6.76. The normalized spacial score (nSPS) is 11.9. The topological polar surface area (TPSA) is 13.1 Å². The smallest absolute Gasteiger partial charge is 0.143 e. The summed E-state index contributed by atoms with van der Waals surface area (Å²) in [5.74, 6) is 0. The molecule has 0 saturated carbocycles. The van der Waals surface area contributed by atoms with Gasteiger partial charge in [0.25, 0.3) is 0 Å². The van der Waals surface area contributed by atoms with E-state index in [9.17, 15) is 0 Å². The quantitative estimate of drug-likeness (QED) is 0.128. The van der Waals surface area contributed by atoms with Gasteiger partial charge in [-0.05, 0) is 77.0 Å². The molecule has 42 radical (unpaired) electrons. The van der Waals surface area contributed by atoms with E-state index in [-0.39, 0.29) is 180 Å². The minimum atomic E-state index is -0.143. The van der Waals surface area contributed by atoms with Crippen molar-refractivity contribution in [2.75, 3.05) is 0 Å². The molecule has 260 valence electrons. The molecular formula is C46H7B21O. The molecule has 9 aromatic carbocycles. The van der Waals surface area contributed by atoms with Gasteiger partial charge >= 0.3 is 0 Å². The maximum absolute atomic E-state index is 7.39. The highest BCUT2D eigenvalue weighted by Crippen LogP contribution is 2.43. The molecule has 0 unspecified atom stereocenters. The molecule has 1 heterocycles. The molecular weight excluding hydrogens is 796 g/mol. The third-order valence-electron chi connectivity index (χ3n) is 13.5. The lowest BCUT2D eigenvalue weighted by Gasteiger charge is -2.33. The maximum Gasteiger partial charge on any atom is 0.143 e. The van der Waals surface area contributed by atoms with Gasteiger partial charge in [-0.2, -0.15) is 0 Å². The Labute approximate surface area is 422 Å². The van der Waals surface area contributed by atoms with Gasteiger partial charge in [-0.1, -0.05) is 107 Å². The van der Waals surface area contributed by atoms with Crippen molar-refractivity contribution in [3.05, 3.63) is 42.5 Å². The van der Waals surface area contributed by atoms with E-state index in [2.05, 4.69) is 0 Å². The minimum absolute atomic E-state index is 0.00441. The SMILES string of the molecule is [B]c1c([B])c([B])c2c([B])c(-c3c4c([B])c([B])c([B])c([B])c4c(-c4c([B])c([B])c(-c5cccc6c5oc5ccccc56)c5c([B])c([B])c([B])c([B])c45)c4c([B])c([B])c([B])c([B])c34)c([B])c([B])c2c1[B]. The van der Waals surface area contributed by atoms with Gasteiger partial charge in [-0.3, -0.25) is 0 Å². The summed E-state index contributed by atoms with van der Waals surface area (Å²) in [7, 11) is 144. The summed E-state index contributed by atoms with van der Waals surface area (Å²) >= 11 is 0. The Morgan fingerprint density at radius 2 is 0.529 bits per heavy atom. The van der Waals surface area contributed by atoms with Crippen molar-refractivity contribution in [3.63, 3.8) is 0 Å². The number of furan rings is 1. The summed E-state index contributed by atoms with van der Waals surface area (Å²) in [6, 6.07) is 13.1. The zero-order valence-electron chi connectivity index (χ0n) is 36.1. The number of benzene rings is 9. The largest absolute Gasteiger partial charge is 0.455 e. The lowest BCUT2D eigenvalue weighted by atomic mass is 9.55. The summed E-state index contributed by atoms with van der Waals surface area (Å²) in [6.07, 6.45) is 0. The van der Waals surface area contributed by atoms with Crippen LogP contribution in [-0.2, 0) is 0 Å². The molecule has 10 rings (SSSR count). The van der Waals surface area contributed by atoms with Crippen LogP contribution in [0.15, 0.2) is 46.9 Å². The fourth-order valence-corrected chi connectivity index (χ4v) is 10.0. The summed E-state index contributed by atoms with van der Waals surface area (Å²) in [5, 5.41) is 2.42. The van der Waals surface area contributed by atoms with Crippen LogP contribution in [0.2, 0.25) is 0 Å². The van der Waals surface area contributed by atoms with E-state index >= 15 is 0 Å². The Hall–Kier alpha value is -4.82. The van der Waals surface area contributed by atoms with Gasteiger partial charge in [-0.25, -0.2) is 0 Å². The van der Waals surface area contributed by atoms with Crippen LogP contribution < -0.4 is 115 Å². The summed E-state index contributed by atoms with van der Waals surface area (Å²) in [5.41, 5.74) is 0.122. The maximum atomic E-state index is 7.39. The van der Waals surface area contributed by atoms with Gasteiger partial charge in [0.05, 0.1) is 0 Å². The van der Waals surface area contributed by atoms with Crippen molar-refractivity contribution in [2.45, 2.75) is 0 Å². The molecule has 22 heteroatoms. The predicted molar refractivity (Wildman–Crippen MR) is 313 cm³/mol. The molecule has 10 aromatic rings. The molecule has 1 aromatic heterocycles. The van der Waals surface area contributed by atoms with Gasteiger partial charge in [0.15, 0.2) is 0 Å². The molecule has 1 nitrogen and oxygen atoms in total. The van der Waals surface area contributed by atoms with E-state index in [4.69, 9.17) is 169 Å². The zero-order valence-corrected chi connectivity index (χ0v) is 36.1. The van der Waals surface area contributed by atoms with Crippen molar-refractivity contribution in [2.24, 2.45) is 0 Å². The fraction of sp³-hybridized carbons (Fsp3) is 0. The van der Waals surface area contributed by atoms with Crippen molar-refractivity contribution in [1.29, 1.82) is 0 Å². The van der Waals surface area contributed by atoms with Crippen LogP contribution in [0.25, 0.3) is 98.4 Å². The molecule has 0 aliphatic rings. The number of hydrogen-bond acceptors (Lipinski definition) is 1. The molecule has 0 atom stereocenters. The molecule has 0 saturated heterocycles. The van der Waals surface area contributed by atoms with Gasteiger partial charge in [0.1, 0.15) is 176 Å². The third kappa shape index (κ3) is 6.00. The summed E-state index contributed by atoms with van der Waals surface area (Å²) < 4.78 is 6.48. The molecule has 68 heavy (non-hydrogen) atoms. The molecule has 0 N–H and O–H groups in total. The van der Waals surface area contributed by atoms with E-state index in [1.807, 2.05) is 36.4 Å².